The Morgan fingerprint density at radius 2 is 0.922 bits per heavy atom. The lowest BCUT2D eigenvalue weighted by molar-refractivity contribution is -0.213. The first-order valence-electron chi connectivity index (χ1n) is 22.4. The molecule has 0 heterocycles. The van der Waals surface area contributed by atoms with E-state index in [0.29, 0.717) is 25.7 Å². The largest absolute Gasteiger partial charge is 0.472 e. The Morgan fingerprint density at radius 1 is 0.500 bits per heavy atom. The summed E-state index contributed by atoms with van der Waals surface area (Å²) in [5, 5.41) is 31.8. The van der Waals surface area contributed by atoms with Crippen LogP contribution in [-0.2, 0) is 50.9 Å². The summed E-state index contributed by atoms with van der Waals surface area (Å²) in [5.41, 5.74) is 0. The van der Waals surface area contributed by atoms with Crippen molar-refractivity contribution in [1.82, 2.24) is 0 Å². The van der Waals surface area contributed by atoms with Gasteiger partial charge in [-0.2, -0.15) is 0 Å². The summed E-state index contributed by atoms with van der Waals surface area (Å²) in [7, 11) is -16.6. The van der Waals surface area contributed by atoms with Gasteiger partial charge in [-0.15, -0.1) is 0 Å². The quantitative estimate of drug-likeness (QED) is 0.0130. The number of carbonyl (C=O) groups is 2. The molecule has 1 rings (SSSR count). The Balaban J connectivity index is 2.81. The van der Waals surface area contributed by atoms with Crippen LogP contribution in [0.25, 0.3) is 0 Å². The van der Waals surface area contributed by atoms with E-state index in [2.05, 4.69) is 53.3 Å². The van der Waals surface area contributed by atoms with E-state index in [-0.39, 0.29) is 12.8 Å². The van der Waals surface area contributed by atoms with Crippen LogP contribution in [0.2, 0.25) is 0 Å². The van der Waals surface area contributed by atoms with Crippen LogP contribution in [0.3, 0.4) is 0 Å². The Morgan fingerprint density at radius 3 is 1.44 bits per heavy atom. The summed E-state index contributed by atoms with van der Waals surface area (Å²) >= 11 is 0. The second-order valence-electron chi connectivity index (χ2n) is 15.6. The highest BCUT2D eigenvalue weighted by Gasteiger charge is 2.56. The van der Waals surface area contributed by atoms with Gasteiger partial charge in [0.1, 0.15) is 43.2 Å². The molecule has 64 heavy (non-hydrogen) atoms. The average Bonchev–Trinajstić information content (AvgIpc) is 3.22. The van der Waals surface area contributed by atoms with Gasteiger partial charge >= 0.3 is 35.4 Å². The van der Waals surface area contributed by atoms with Gasteiger partial charge in [-0.1, -0.05) is 133 Å². The lowest BCUT2D eigenvalue weighted by Crippen LogP contribution is -2.65. The molecular weight excluding hydrogens is 901 g/mol. The zero-order valence-corrected chi connectivity index (χ0v) is 40.0. The molecule has 22 heteroatoms. The predicted octanol–water partition coefficient (Wildman–Crippen LogP) is 7.45. The van der Waals surface area contributed by atoms with Crippen LogP contribution >= 0.6 is 23.5 Å². The van der Waals surface area contributed by atoms with Crippen LogP contribution in [-0.4, -0.2) is 108 Å². The number of hydrogen-bond acceptors (Lipinski definition) is 14. The zero-order chi connectivity index (χ0) is 47.9. The van der Waals surface area contributed by atoms with Crippen molar-refractivity contribution in [2.24, 2.45) is 0 Å². The Hall–Kier alpha value is -1.89. The molecule has 8 N–H and O–H groups in total. The Bertz CT molecular complexity index is 1540. The van der Waals surface area contributed by atoms with Crippen molar-refractivity contribution in [1.29, 1.82) is 0 Å². The highest BCUT2D eigenvalue weighted by atomic mass is 31.2. The van der Waals surface area contributed by atoms with Crippen LogP contribution in [0.15, 0.2) is 48.6 Å². The predicted molar refractivity (Wildman–Crippen MR) is 238 cm³/mol. The molecule has 0 bridgehead atoms. The maximum atomic E-state index is 13.1. The third kappa shape index (κ3) is 30.4. The van der Waals surface area contributed by atoms with Crippen LogP contribution in [0, 0.1) is 0 Å². The summed E-state index contributed by atoms with van der Waals surface area (Å²) in [6, 6.07) is 0. The molecule has 1 fully saturated rings. The molecule has 0 amide bonds. The molecule has 0 spiro atoms. The summed E-state index contributed by atoms with van der Waals surface area (Å²) in [6.07, 6.45) is 18.8. The maximum absolute atomic E-state index is 13.1. The van der Waals surface area contributed by atoms with E-state index in [1.807, 2.05) is 18.2 Å². The minimum Gasteiger partial charge on any atom is -0.462 e. The molecule has 1 aliphatic rings. The van der Waals surface area contributed by atoms with E-state index in [4.69, 9.17) is 18.5 Å². The van der Waals surface area contributed by atoms with Gasteiger partial charge in [0.05, 0.1) is 6.61 Å². The fraction of sp³-hybridized carbons (Fsp3) is 0.762. The molecule has 1 aliphatic carbocycles. The number of unbranched alkanes of at least 4 members (excludes halogenated alkanes) is 13. The molecule has 8 atom stereocenters. The number of phosphoric ester groups is 3. The van der Waals surface area contributed by atoms with Gasteiger partial charge in [0, 0.05) is 12.8 Å². The van der Waals surface area contributed by atoms with Gasteiger partial charge in [0.25, 0.3) is 0 Å². The van der Waals surface area contributed by atoms with E-state index in [0.717, 1.165) is 44.9 Å². The fourth-order valence-electron chi connectivity index (χ4n) is 6.52. The highest BCUT2D eigenvalue weighted by molar-refractivity contribution is 7.47. The minimum absolute atomic E-state index is 0.0685. The van der Waals surface area contributed by atoms with Crippen molar-refractivity contribution in [2.75, 3.05) is 13.2 Å². The maximum Gasteiger partial charge on any atom is 0.472 e. The van der Waals surface area contributed by atoms with Crippen LogP contribution in [0.5, 0.6) is 0 Å². The first-order chi connectivity index (χ1) is 30.3. The summed E-state index contributed by atoms with van der Waals surface area (Å²) in [5.74, 6) is -1.37. The van der Waals surface area contributed by atoms with Crippen molar-refractivity contribution in [2.45, 2.75) is 191 Å². The summed E-state index contributed by atoms with van der Waals surface area (Å²) in [6.45, 7) is 2.83. The number of hydrogen-bond donors (Lipinski definition) is 8. The number of phosphoric acid groups is 3. The van der Waals surface area contributed by atoms with E-state index in [1.165, 1.54) is 51.4 Å². The first kappa shape index (κ1) is 60.1. The standard InChI is InChI=1S/C42H75O19P3/c1-3-5-7-9-11-13-15-16-17-18-19-20-21-23-25-27-29-31-36(44)58-34(32-56-35(43)30-28-26-24-22-14-12-10-8-6-4-2)33-57-64(54,55)61-40-37(45)38(46)41(59-62(48,49)50)42(39(40)47)60-63(51,52)53/h11,13,16-17,19-20,23,25,34,37-42,45-47H,3-10,12,14-15,18,21-22,24,26-33H2,1-2H3,(H,54,55)(H2,48,49,50)(H2,51,52,53)/b13-11+,17-16-,20-19+,25-23-/t34-,37-,38+,39+,40-,41-,42-/m1/s1. The molecule has 1 saturated carbocycles. The van der Waals surface area contributed by atoms with Crippen molar-refractivity contribution < 1.29 is 90.6 Å². The summed E-state index contributed by atoms with van der Waals surface area (Å²) < 4.78 is 65.2. The lowest BCUT2D eigenvalue weighted by atomic mass is 9.85. The molecular formula is C42H75O19P3. The Kier molecular flexibility index (Phi) is 32.3. The van der Waals surface area contributed by atoms with Crippen molar-refractivity contribution >= 4 is 35.4 Å². The number of carbonyl (C=O) groups excluding carboxylic acids is 2. The molecule has 1 unspecified atom stereocenters. The van der Waals surface area contributed by atoms with Gasteiger partial charge in [-0.05, 0) is 51.4 Å². The Labute approximate surface area is 378 Å². The highest BCUT2D eigenvalue weighted by Crippen LogP contribution is 2.51. The van der Waals surface area contributed by atoms with Gasteiger partial charge in [0.15, 0.2) is 6.10 Å². The molecule has 0 saturated heterocycles. The number of ether oxygens (including phenoxy) is 2. The topological polar surface area (TPSA) is 303 Å². The minimum atomic E-state index is -5.60. The monoisotopic (exact) mass is 976 g/mol. The van der Waals surface area contributed by atoms with E-state index in [1.54, 1.807) is 0 Å². The van der Waals surface area contributed by atoms with E-state index in [9.17, 15) is 63.1 Å². The van der Waals surface area contributed by atoms with E-state index >= 15 is 0 Å². The number of aliphatic hydroxyl groups excluding tert-OH is 3. The normalized spacial score (nSPS) is 22.5. The number of esters is 2. The van der Waals surface area contributed by atoms with Gasteiger partial charge in [-0.25, -0.2) is 13.7 Å². The lowest BCUT2D eigenvalue weighted by Gasteiger charge is -2.44. The number of aliphatic hydroxyl groups is 3. The van der Waals surface area contributed by atoms with Crippen LogP contribution in [0.4, 0.5) is 0 Å². The fourth-order valence-corrected chi connectivity index (χ4v) is 8.61. The molecule has 0 aromatic heterocycles. The molecule has 19 nitrogen and oxygen atoms in total. The SMILES string of the molecule is CCCCC/C=C/C/C=C\C/C=C/C/C=C\CCCC(=O)O[C@H](COC(=O)CCCCCCCCCCCC)COP(=O)(O)O[C@@H]1[C@H](O)[C@H](O)[C@@H](OP(=O)(O)O)[C@H](OP(=O)(O)O)[C@H]1O. The van der Waals surface area contributed by atoms with Crippen LogP contribution < -0.4 is 0 Å². The van der Waals surface area contributed by atoms with Crippen molar-refractivity contribution in [3.05, 3.63) is 48.6 Å². The van der Waals surface area contributed by atoms with E-state index < -0.39 is 91.3 Å². The second kappa shape index (κ2) is 34.4. The zero-order valence-electron chi connectivity index (χ0n) is 37.3. The van der Waals surface area contributed by atoms with Gasteiger partial charge in [-0.3, -0.25) is 27.7 Å². The van der Waals surface area contributed by atoms with Crippen molar-refractivity contribution in [3.63, 3.8) is 0 Å². The van der Waals surface area contributed by atoms with Gasteiger partial charge in [0.2, 0.25) is 0 Å². The third-order valence-corrected chi connectivity index (χ3v) is 11.9. The third-order valence-electron chi connectivity index (χ3n) is 9.89. The summed E-state index contributed by atoms with van der Waals surface area (Å²) in [4.78, 5) is 72.9. The van der Waals surface area contributed by atoms with Gasteiger partial charge < -0.3 is 49.3 Å². The number of rotatable bonds is 37. The molecule has 372 valence electrons. The van der Waals surface area contributed by atoms with Crippen molar-refractivity contribution in [3.8, 4) is 0 Å². The number of allylic oxidation sites excluding steroid dienone is 8. The molecule has 0 aliphatic heterocycles. The van der Waals surface area contributed by atoms with Crippen LogP contribution in [0.1, 0.15) is 149 Å². The smallest absolute Gasteiger partial charge is 0.462 e. The first-order valence-corrected chi connectivity index (χ1v) is 27.0. The average molecular weight is 977 g/mol. The molecule has 0 radical (unpaired) electrons. The second-order valence-corrected chi connectivity index (χ2v) is 19.4. The molecule has 0 aromatic rings. The molecule has 0 aromatic carbocycles.